The number of nitro benzene ring substituents is 3. The van der Waals surface area contributed by atoms with Gasteiger partial charge in [0.25, 0.3) is 17.1 Å². The van der Waals surface area contributed by atoms with Gasteiger partial charge in [0, 0.05) is 0 Å². The van der Waals surface area contributed by atoms with Crippen LogP contribution in [0.25, 0.3) is 0 Å². The van der Waals surface area contributed by atoms with Crippen molar-refractivity contribution in [1.82, 2.24) is 0 Å². The molecule has 11 nitrogen and oxygen atoms in total. The van der Waals surface area contributed by atoms with E-state index in [1.807, 2.05) is 0 Å². The van der Waals surface area contributed by atoms with E-state index in [2.05, 4.69) is 6.92 Å². The van der Waals surface area contributed by atoms with Crippen molar-refractivity contribution in [1.29, 1.82) is 0 Å². The van der Waals surface area contributed by atoms with E-state index in [0.29, 0.717) is 18.6 Å². The molecule has 0 aromatic heterocycles. The molecule has 0 spiro atoms. The number of carbonyl (C=O) groups is 1. The summed E-state index contributed by atoms with van der Waals surface area (Å²) in [6.45, 7) is 2.13. The largest absolute Gasteiger partial charge is 0.462 e. The summed E-state index contributed by atoms with van der Waals surface area (Å²) < 4.78 is 4.96. The van der Waals surface area contributed by atoms with Crippen LogP contribution >= 0.6 is 0 Å². The Hall–Kier alpha value is -3.11. The molecule has 0 amide bonds. The van der Waals surface area contributed by atoms with Crippen LogP contribution in [-0.2, 0) is 4.74 Å². The molecular weight excluding hydrogens is 398 g/mol. The van der Waals surface area contributed by atoms with Crippen molar-refractivity contribution in [3.63, 3.8) is 0 Å². The van der Waals surface area contributed by atoms with Crippen LogP contribution in [0.2, 0.25) is 0 Å². The van der Waals surface area contributed by atoms with Crippen molar-refractivity contribution in [2.45, 2.75) is 71.1 Å². The SMILES string of the molecule is CCCCCCCCCCCCOC(=O)c1c([N+](=O)[O-])cc([N+](=O)[O-])cc1[N+](=O)[O-]. The lowest BCUT2D eigenvalue weighted by molar-refractivity contribution is -0.403. The minimum Gasteiger partial charge on any atom is -0.462 e. The van der Waals surface area contributed by atoms with E-state index in [1.165, 1.54) is 32.1 Å². The Morgan fingerprint density at radius 2 is 1.20 bits per heavy atom. The molecule has 0 saturated carbocycles. The van der Waals surface area contributed by atoms with Crippen molar-refractivity contribution in [3.05, 3.63) is 48.0 Å². The second-order valence-electron chi connectivity index (χ2n) is 6.95. The second-order valence-corrected chi connectivity index (χ2v) is 6.95. The van der Waals surface area contributed by atoms with Gasteiger partial charge in [0.05, 0.1) is 33.5 Å². The van der Waals surface area contributed by atoms with Gasteiger partial charge < -0.3 is 4.74 Å². The molecule has 0 radical (unpaired) electrons. The van der Waals surface area contributed by atoms with Crippen molar-refractivity contribution in [2.75, 3.05) is 6.61 Å². The standard InChI is InChI=1S/C19H27N3O8/c1-2-3-4-5-6-7-8-9-10-11-12-30-19(23)18-16(21(26)27)13-15(20(24)25)14-17(18)22(28)29/h13-14H,2-12H2,1H3. The Morgan fingerprint density at radius 3 is 1.60 bits per heavy atom. The van der Waals surface area contributed by atoms with E-state index in [9.17, 15) is 35.1 Å². The summed E-state index contributed by atoms with van der Waals surface area (Å²) in [5, 5.41) is 33.2. The van der Waals surface area contributed by atoms with Crippen molar-refractivity contribution in [3.8, 4) is 0 Å². The third-order valence-electron chi connectivity index (χ3n) is 4.62. The topological polar surface area (TPSA) is 156 Å². The lowest BCUT2D eigenvalue weighted by atomic mass is 10.1. The molecule has 0 N–H and O–H groups in total. The highest BCUT2D eigenvalue weighted by Gasteiger charge is 2.35. The molecule has 0 aliphatic rings. The molecule has 166 valence electrons. The highest BCUT2D eigenvalue weighted by molar-refractivity contribution is 5.99. The number of esters is 1. The molecule has 0 aliphatic heterocycles. The maximum absolute atomic E-state index is 12.2. The minimum absolute atomic E-state index is 0.0410. The smallest absolute Gasteiger partial charge is 0.352 e. The van der Waals surface area contributed by atoms with Crippen LogP contribution in [0.5, 0.6) is 0 Å². The first kappa shape index (κ1) is 24.9. The average Bonchev–Trinajstić information content (AvgIpc) is 2.70. The number of nitrogens with zero attached hydrogens (tertiary/aromatic N) is 3. The lowest BCUT2D eigenvalue weighted by Crippen LogP contribution is -2.12. The molecular formula is C19H27N3O8. The summed E-state index contributed by atoms with van der Waals surface area (Å²) in [4.78, 5) is 42.3. The van der Waals surface area contributed by atoms with E-state index in [-0.39, 0.29) is 6.61 Å². The van der Waals surface area contributed by atoms with Crippen molar-refractivity contribution >= 4 is 23.0 Å². The number of benzene rings is 1. The van der Waals surface area contributed by atoms with E-state index < -0.39 is 43.4 Å². The molecule has 1 aromatic rings. The predicted octanol–water partition coefficient (Wildman–Crippen LogP) is 5.49. The van der Waals surface area contributed by atoms with E-state index in [0.717, 1.165) is 25.7 Å². The lowest BCUT2D eigenvalue weighted by Gasteiger charge is -2.06. The molecule has 0 aliphatic carbocycles. The Labute approximate surface area is 173 Å². The van der Waals surface area contributed by atoms with Crippen LogP contribution in [0, 0.1) is 30.3 Å². The molecule has 0 saturated heterocycles. The number of ether oxygens (including phenoxy) is 1. The maximum Gasteiger partial charge on any atom is 0.352 e. The zero-order valence-electron chi connectivity index (χ0n) is 17.0. The number of nitro groups is 3. The normalized spacial score (nSPS) is 10.6. The van der Waals surface area contributed by atoms with E-state index in [4.69, 9.17) is 4.74 Å². The van der Waals surface area contributed by atoms with Crippen LogP contribution < -0.4 is 0 Å². The third-order valence-corrected chi connectivity index (χ3v) is 4.62. The van der Waals surface area contributed by atoms with Gasteiger partial charge >= 0.3 is 5.97 Å². The Bertz CT molecular complexity index is 731. The number of rotatable bonds is 15. The van der Waals surface area contributed by atoms with Gasteiger partial charge in [-0.25, -0.2) is 4.79 Å². The minimum atomic E-state index is -1.24. The van der Waals surface area contributed by atoms with E-state index >= 15 is 0 Å². The fraction of sp³-hybridized carbons (Fsp3) is 0.632. The fourth-order valence-electron chi connectivity index (χ4n) is 3.03. The molecule has 0 unspecified atom stereocenters. The van der Waals surface area contributed by atoms with Gasteiger partial charge in [0.2, 0.25) is 5.56 Å². The third kappa shape index (κ3) is 8.10. The Morgan fingerprint density at radius 1 is 0.767 bits per heavy atom. The maximum atomic E-state index is 12.2. The number of hydrogen-bond donors (Lipinski definition) is 0. The quantitative estimate of drug-likeness (QED) is 0.154. The molecule has 1 rings (SSSR count). The summed E-state index contributed by atoms with van der Waals surface area (Å²) in [6.07, 6.45) is 10.7. The van der Waals surface area contributed by atoms with Gasteiger partial charge in [0.1, 0.15) is 0 Å². The summed E-state index contributed by atoms with van der Waals surface area (Å²) in [6, 6.07) is 1.04. The van der Waals surface area contributed by atoms with Crippen LogP contribution in [-0.4, -0.2) is 27.3 Å². The fourth-order valence-corrected chi connectivity index (χ4v) is 3.03. The van der Waals surface area contributed by atoms with Gasteiger partial charge in [-0.2, -0.15) is 0 Å². The highest BCUT2D eigenvalue weighted by atomic mass is 16.6. The average molecular weight is 425 g/mol. The first-order valence-electron chi connectivity index (χ1n) is 10.1. The first-order valence-corrected chi connectivity index (χ1v) is 10.1. The van der Waals surface area contributed by atoms with Gasteiger partial charge in [0.15, 0.2) is 0 Å². The first-order chi connectivity index (χ1) is 14.3. The second kappa shape index (κ2) is 13.2. The number of carbonyl (C=O) groups excluding carboxylic acids is 1. The van der Waals surface area contributed by atoms with Crippen LogP contribution in [0.3, 0.4) is 0 Å². The molecule has 0 bridgehead atoms. The van der Waals surface area contributed by atoms with Crippen LogP contribution in [0.15, 0.2) is 12.1 Å². The van der Waals surface area contributed by atoms with Crippen LogP contribution in [0.4, 0.5) is 17.1 Å². The van der Waals surface area contributed by atoms with Gasteiger partial charge in [-0.15, -0.1) is 0 Å². The molecule has 30 heavy (non-hydrogen) atoms. The van der Waals surface area contributed by atoms with Crippen molar-refractivity contribution < 1.29 is 24.3 Å². The summed E-state index contributed by atoms with van der Waals surface area (Å²) >= 11 is 0. The molecule has 0 fully saturated rings. The summed E-state index contributed by atoms with van der Waals surface area (Å²) in [5.41, 5.74) is -3.78. The molecule has 0 atom stereocenters. The molecule has 0 heterocycles. The zero-order valence-corrected chi connectivity index (χ0v) is 17.0. The summed E-state index contributed by atoms with van der Waals surface area (Å²) in [7, 11) is 0. The zero-order chi connectivity index (χ0) is 22.5. The van der Waals surface area contributed by atoms with Crippen LogP contribution in [0.1, 0.15) is 81.5 Å². The Balaban J connectivity index is 2.58. The number of non-ortho nitro benzene ring substituents is 1. The number of unbranched alkanes of at least 4 members (excludes halogenated alkanes) is 9. The van der Waals surface area contributed by atoms with Gasteiger partial charge in [-0.1, -0.05) is 64.7 Å². The molecule has 11 heteroatoms. The van der Waals surface area contributed by atoms with Crippen molar-refractivity contribution in [2.24, 2.45) is 0 Å². The van der Waals surface area contributed by atoms with Gasteiger partial charge in [-0.3, -0.25) is 30.3 Å². The predicted molar refractivity (Wildman–Crippen MR) is 109 cm³/mol. The molecule has 1 aromatic carbocycles. The summed E-state index contributed by atoms with van der Waals surface area (Å²) in [5.74, 6) is -1.24. The Kier molecular flexibility index (Phi) is 10.9. The number of hydrogen-bond acceptors (Lipinski definition) is 8. The highest BCUT2D eigenvalue weighted by Crippen LogP contribution is 2.34. The monoisotopic (exact) mass is 425 g/mol. The van der Waals surface area contributed by atoms with Gasteiger partial charge in [-0.05, 0) is 6.42 Å². The van der Waals surface area contributed by atoms with E-state index in [1.54, 1.807) is 0 Å².